The molecule has 1 rings (SSSR count). The van der Waals surface area contributed by atoms with Crippen LogP contribution in [0.1, 0.15) is 19.4 Å². The number of carbonyl (C=O) groups is 1. The Labute approximate surface area is 113 Å². The number of hydrogen-bond donors (Lipinski definition) is 3. The molecular weight excluding hydrogens is 266 g/mol. The maximum absolute atomic E-state index is 12.1. The van der Waals surface area contributed by atoms with E-state index in [1.807, 2.05) is 0 Å². The Balaban J connectivity index is 2.89. The zero-order chi connectivity index (χ0) is 14.5. The van der Waals surface area contributed by atoms with E-state index in [-0.39, 0.29) is 17.3 Å². The predicted molar refractivity (Wildman–Crippen MR) is 72.8 cm³/mol. The number of likely N-dealkylation sites (N-methyl/N-ethyl adjacent to an activating group) is 1. The van der Waals surface area contributed by atoms with E-state index < -0.39 is 16.1 Å². The van der Waals surface area contributed by atoms with Gasteiger partial charge in [-0.25, -0.2) is 8.42 Å². The van der Waals surface area contributed by atoms with Gasteiger partial charge in [0.2, 0.25) is 15.9 Å². The fourth-order valence-electron chi connectivity index (χ4n) is 1.52. The molecule has 0 aliphatic rings. The van der Waals surface area contributed by atoms with Gasteiger partial charge < -0.3 is 11.1 Å². The molecule has 1 unspecified atom stereocenters. The largest absolute Gasteiger partial charge is 0.355 e. The molecule has 0 saturated heterocycles. The third kappa shape index (κ3) is 4.30. The van der Waals surface area contributed by atoms with Gasteiger partial charge in [-0.1, -0.05) is 12.1 Å². The molecule has 1 amide bonds. The number of hydrogen-bond acceptors (Lipinski definition) is 4. The molecule has 1 aromatic carbocycles. The van der Waals surface area contributed by atoms with E-state index in [9.17, 15) is 13.2 Å². The van der Waals surface area contributed by atoms with Crippen LogP contribution in [0.2, 0.25) is 0 Å². The molecule has 0 saturated carbocycles. The summed E-state index contributed by atoms with van der Waals surface area (Å²) < 4.78 is 26.5. The molecule has 0 aliphatic carbocycles. The summed E-state index contributed by atoms with van der Waals surface area (Å²) in [5, 5.41) is 2.56. The van der Waals surface area contributed by atoms with Crippen LogP contribution in [-0.2, 0) is 21.4 Å². The lowest BCUT2D eigenvalue weighted by Crippen LogP contribution is -2.44. The Kier molecular flexibility index (Phi) is 5.46. The number of sulfonamides is 1. The number of benzene rings is 1. The van der Waals surface area contributed by atoms with Crippen LogP contribution in [0.3, 0.4) is 0 Å². The first-order chi connectivity index (χ1) is 8.90. The van der Waals surface area contributed by atoms with Gasteiger partial charge >= 0.3 is 0 Å². The molecule has 6 nitrogen and oxygen atoms in total. The topological polar surface area (TPSA) is 101 Å². The fourth-order valence-corrected chi connectivity index (χ4v) is 2.79. The van der Waals surface area contributed by atoms with Gasteiger partial charge in [0.25, 0.3) is 0 Å². The molecule has 0 aromatic heterocycles. The van der Waals surface area contributed by atoms with Crippen LogP contribution in [0, 0.1) is 0 Å². The minimum absolute atomic E-state index is 0.103. The van der Waals surface area contributed by atoms with Crippen LogP contribution in [0.25, 0.3) is 0 Å². The van der Waals surface area contributed by atoms with Crippen LogP contribution < -0.4 is 15.8 Å². The average Bonchev–Trinajstić information content (AvgIpc) is 2.38. The molecule has 0 radical (unpaired) electrons. The van der Waals surface area contributed by atoms with Crippen LogP contribution in [0.5, 0.6) is 0 Å². The molecule has 0 heterocycles. The average molecular weight is 285 g/mol. The van der Waals surface area contributed by atoms with E-state index in [4.69, 9.17) is 5.73 Å². The van der Waals surface area contributed by atoms with E-state index in [0.29, 0.717) is 12.1 Å². The molecule has 0 bridgehead atoms. The SMILES string of the molecule is CCNC(=O)C(C)NS(=O)(=O)c1cccc(CN)c1. The van der Waals surface area contributed by atoms with Gasteiger partial charge in [0.15, 0.2) is 0 Å². The Hall–Kier alpha value is -1.44. The highest BCUT2D eigenvalue weighted by atomic mass is 32.2. The van der Waals surface area contributed by atoms with Crippen molar-refractivity contribution in [3.63, 3.8) is 0 Å². The first-order valence-corrected chi connectivity index (χ1v) is 7.48. The van der Waals surface area contributed by atoms with Crippen molar-refractivity contribution >= 4 is 15.9 Å². The van der Waals surface area contributed by atoms with E-state index in [2.05, 4.69) is 10.0 Å². The number of rotatable bonds is 6. The predicted octanol–water partition coefficient (Wildman–Crippen LogP) is -0.0518. The van der Waals surface area contributed by atoms with Gasteiger partial charge in [-0.2, -0.15) is 4.72 Å². The quantitative estimate of drug-likeness (QED) is 0.682. The van der Waals surface area contributed by atoms with Crippen molar-refractivity contribution in [1.29, 1.82) is 0 Å². The second kappa shape index (κ2) is 6.65. The van der Waals surface area contributed by atoms with Crippen molar-refractivity contribution in [2.24, 2.45) is 5.73 Å². The summed E-state index contributed by atoms with van der Waals surface area (Å²) in [6, 6.07) is 5.49. The Morgan fingerprint density at radius 3 is 2.68 bits per heavy atom. The monoisotopic (exact) mass is 285 g/mol. The van der Waals surface area contributed by atoms with Gasteiger partial charge in [0.05, 0.1) is 10.9 Å². The fraction of sp³-hybridized carbons (Fsp3) is 0.417. The molecule has 0 fully saturated rings. The van der Waals surface area contributed by atoms with Gasteiger partial charge in [0, 0.05) is 13.1 Å². The number of carbonyl (C=O) groups excluding carboxylic acids is 1. The first kappa shape index (κ1) is 15.6. The van der Waals surface area contributed by atoms with Crippen LogP contribution >= 0.6 is 0 Å². The zero-order valence-electron chi connectivity index (χ0n) is 11.0. The van der Waals surface area contributed by atoms with Crippen LogP contribution in [0.4, 0.5) is 0 Å². The summed E-state index contributed by atoms with van der Waals surface area (Å²) in [6.45, 7) is 3.97. The summed E-state index contributed by atoms with van der Waals surface area (Å²) in [7, 11) is -3.72. The Morgan fingerprint density at radius 1 is 1.42 bits per heavy atom. The highest BCUT2D eigenvalue weighted by Crippen LogP contribution is 2.11. The van der Waals surface area contributed by atoms with Crippen molar-refractivity contribution in [3.8, 4) is 0 Å². The van der Waals surface area contributed by atoms with Gasteiger partial charge in [0.1, 0.15) is 0 Å². The van der Waals surface area contributed by atoms with Gasteiger partial charge in [-0.15, -0.1) is 0 Å². The van der Waals surface area contributed by atoms with E-state index in [1.165, 1.54) is 19.1 Å². The smallest absolute Gasteiger partial charge is 0.241 e. The Bertz CT molecular complexity index is 543. The molecule has 19 heavy (non-hydrogen) atoms. The van der Waals surface area contributed by atoms with Crippen molar-refractivity contribution in [3.05, 3.63) is 29.8 Å². The molecular formula is C12H19N3O3S. The second-order valence-corrected chi connectivity index (χ2v) is 5.80. The summed E-state index contributed by atoms with van der Waals surface area (Å²) in [6.07, 6.45) is 0. The van der Waals surface area contributed by atoms with Gasteiger partial charge in [-0.3, -0.25) is 4.79 Å². The molecule has 7 heteroatoms. The highest BCUT2D eigenvalue weighted by molar-refractivity contribution is 7.89. The van der Waals surface area contributed by atoms with Crippen molar-refractivity contribution in [2.45, 2.75) is 31.3 Å². The number of nitrogens with one attached hydrogen (secondary N) is 2. The standard InChI is InChI=1S/C12H19N3O3S/c1-3-14-12(16)9(2)15-19(17,18)11-6-4-5-10(7-11)8-13/h4-7,9,15H,3,8,13H2,1-2H3,(H,14,16). The highest BCUT2D eigenvalue weighted by Gasteiger charge is 2.21. The summed E-state index contributed by atoms with van der Waals surface area (Å²) in [4.78, 5) is 11.6. The normalized spacial score (nSPS) is 13.0. The summed E-state index contributed by atoms with van der Waals surface area (Å²) in [5.74, 6) is -0.360. The molecule has 4 N–H and O–H groups in total. The van der Waals surface area contributed by atoms with E-state index >= 15 is 0 Å². The zero-order valence-corrected chi connectivity index (χ0v) is 11.8. The maximum atomic E-state index is 12.1. The lowest BCUT2D eigenvalue weighted by molar-refractivity contribution is -0.122. The molecule has 0 aliphatic heterocycles. The lowest BCUT2D eigenvalue weighted by atomic mass is 10.2. The van der Waals surface area contributed by atoms with E-state index in [0.717, 1.165) is 0 Å². The first-order valence-electron chi connectivity index (χ1n) is 5.99. The Morgan fingerprint density at radius 2 is 2.11 bits per heavy atom. The number of nitrogens with two attached hydrogens (primary N) is 1. The third-order valence-electron chi connectivity index (χ3n) is 2.52. The van der Waals surface area contributed by atoms with Crippen molar-refractivity contribution in [2.75, 3.05) is 6.54 Å². The van der Waals surface area contributed by atoms with Crippen LogP contribution in [0.15, 0.2) is 29.2 Å². The molecule has 0 spiro atoms. The van der Waals surface area contributed by atoms with Crippen molar-refractivity contribution < 1.29 is 13.2 Å². The minimum Gasteiger partial charge on any atom is -0.355 e. The third-order valence-corrected chi connectivity index (χ3v) is 4.06. The lowest BCUT2D eigenvalue weighted by Gasteiger charge is -2.14. The minimum atomic E-state index is -3.72. The summed E-state index contributed by atoms with van der Waals surface area (Å²) >= 11 is 0. The van der Waals surface area contributed by atoms with Gasteiger partial charge in [-0.05, 0) is 31.5 Å². The second-order valence-electron chi connectivity index (χ2n) is 4.09. The number of amides is 1. The van der Waals surface area contributed by atoms with E-state index in [1.54, 1.807) is 19.1 Å². The van der Waals surface area contributed by atoms with Crippen LogP contribution in [-0.4, -0.2) is 26.9 Å². The molecule has 106 valence electrons. The molecule has 1 aromatic rings. The molecule has 1 atom stereocenters. The maximum Gasteiger partial charge on any atom is 0.241 e. The van der Waals surface area contributed by atoms with Crippen molar-refractivity contribution in [1.82, 2.24) is 10.0 Å². The summed E-state index contributed by atoms with van der Waals surface area (Å²) in [5.41, 5.74) is 6.19.